The van der Waals surface area contributed by atoms with Crippen molar-refractivity contribution in [3.05, 3.63) is 56.6 Å². The lowest BCUT2D eigenvalue weighted by Crippen LogP contribution is -2.52. The van der Waals surface area contributed by atoms with Gasteiger partial charge in [-0.05, 0) is 89.5 Å². The zero-order valence-corrected chi connectivity index (χ0v) is 26.2. The van der Waals surface area contributed by atoms with Crippen LogP contribution < -0.4 is 0 Å². The third-order valence-corrected chi connectivity index (χ3v) is 8.74. The van der Waals surface area contributed by atoms with Gasteiger partial charge < -0.3 is 10.2 Å². The zero-order chi connectivity index (χ0) is 28.6. The van der Waals surface area contributed by atoms with Gasteiger partial charge in [0.15, 0.2) is 0 Å². The first-order chi connectivity index (χ1) is 17.6. The number of hydrogen-bond donors (Lipinski definition) is 2. The van der Waals surface area contributed by atoms with Gasteiger partial charge in [0.1, 0.15) is 11.5 Å². The smallest absolute Gasteiger partial charge is 0.122 e. The molecule has 38 heavy (non-hydrogen) atoms. The number of phenols is 2. The molecule has 2 N–H and O–H groups in total. The molecule has 0 aliphatic carbocycles. The molecule has 0 bridgehead atoms. The normalized spacial score (nSPS) is 17.8. The van der Waals surface area contributed by atoms with Gasteiger partial charge in [0.2, 0.25) is 0 Å². The van der Waals surface area contributed by atoms with E-state index in [2.05, 4.69) is 98.1 Å². The fourth-order valence-corrected chi connectivity index (χ4v) is 6.10. The Labute approximate surface area is 233 Å². The Morgan fingerprint density at radius 2 is 1.24 bits per heavy atom. The van der Waals surface area contributed by atoms with Gasteiger partial charge in [-0.3, -0.25) is 9.80 Å². The molecule has 4 nitrogen and oxygen atoms in total. The predicted octanol–water partition coefficient (Wildman–Crippen LogP) is 7.80. The number of nitrogens with zero attached hydrogens (tertiary/aromatic N) is 2. The van der Waals surface area contributed by atoms with Crippen LogP contribution >= 0.6 is 0 Å². The van der Waals surface area contributed by atoms with Gasteiger partial charge in [0.05, 0.1) is 0 Å². The highest BCUT2D eigenvalue weighted by molar-refractivity contribution is 5.52. The van der Waals surface area contributed by atoms with Crippen molar-refractivity contribution in [3.63, 3.8) is 0 Å². The van der Waals surface area contributed by atoms with E-state index in [9.17, 15) is 10.2 Å². The van der Waals surface area contributed by atoms with E-state index in [1.807, 2.05) is 0 Å². The van der Waals surface area contributed by atoms with Gasteiger partial charge in [0, 0.05) is 38.8 Å². The fourth-order valence-electron chi connectivity index (χ4n) is 6.10. The van der Waals surface area contributed by atoms with Crippen molar-refractivity contribution in [3.8, 4) is 11.5 Å². The molecule has 3 rings (SSSR count). The summed E-state index contributed by atoms with van der Waals surface area (Å²) in [6, 6.07) is 4.88. The summed E-state index contributed by atoms with van der Waals surface area (Å²) < 4.78 is 0. The van der Waals surface area contributed by atoms with Gasteiger partial charge in [-0.25, -0.2) is 0 Å². The summed E-state index contributed by atoms with van der Waals surface area (Å²) in [4.78, 5) is 5.24. The van der Waals surface area contributed by atoms with E-state index in [1.165, 1.54) is 41.5 Å². The summed E-state index contributed by atoms with van der Waals surface area (Å²) in [6.07, 6.45) is 3.60. The summed E-state index contributed by atoms with van der Waals surface area (Å²) in [5.41, 5.74) is 9.08. The molecule has 2 aromatic carbocycles. The number of phenolic OH excluding ortho intramolecular Hbond substituents is 2. The first-order valence-corrected chi connectivity index (χ1v) is 14.7. The molecule has 4 heteroatoms. The Bertz CT molecular complexity index is 1140. The average Bonchev–Trinajstić information content (AvgIpc) is 2.82. The monoisotopic (exact) mass is 522 g/mol. The largest absolute Gasteiger partial charge is 0.507 e. The molecular formula is C34H54N2O2. The molecule has 1 aliphatic rings. The molecule has 1 saturated heterocycles. The van der Waals surface area contributed by atoms with E-state index in [-0.39, 0.29) is 10.8 Å². The number of piperazine rings is 1. The second-order valence-electron chi connectivity index (χ2n) is 13.9. The first-order valence-electron chi connectivity index (χ1n) is 14.7. The highest BCUT2D eigenvalue weighted by Crippen LogP contribution is 2.39. The molecule has 0 aromatic heterocycles. The number of benzene rings is 2. The predicted molar refractivity (Wildman–Crippen MR) is 162 cm³/mol. The summed E-state index contributed by atoms with van der Waals surface area (Å²) in [5, 5.41) is 22.1. The average molecular weight is 523 g/mol. The minimum atomic E-state index is -0.0802. The van der Waals surface area contributed by atoms with E-state index in [0.29, 0.717) is 17.5 Å². The van der Waals surface area contributed by atoms with Crippen molar-refractivity contribution in [1.29, 1.82) is 0 Å². The summed E-state index contributed by atoms with van der Waals surface area (Å²) in [7, 11) is 0. The summed E-state index contributed by atoms with van der Waals surface area (Å²) >= 11 is 0. The highest BCUT2D eigenvalue weighted by Gasteiger charge is 2.30. The van der Waals surface area contributed by atoms with Crippen LogP contribution in [0.1, 0.15) is 112 Å². The highest BCUT2D eigenvalue weighted by atomic mass is 16.3. The Balaban J connectivity index is 1.84. The maximum atomic E-state index is 11.1. The molecule has 1 aliphatic heterocycles. The van der Waals surface area contributed by atoms with Crippen molar-refractivity contribution < 1.29 is 10.2 Å². The lowest BCUT2D eigenvalue weighted by atomic mass is 9.82. The van der Waals surface area contributed by atoms with E-state index >= 15 is 0 Å². The SMILES string of the molecule is CCCCC1CN(Cc2c(C)cc(C(C)(C)C)c(O)c2C)CCN1Cc1c(C)cc(C(C)(C)C)c(O)c1C. The van der Waals surface area contributed by atoms with Crippen LogP contribution in [0.5, 0.6) is 11.5 Å². The van der Waals surface area contributed by atoms with Crippen LogP contribution in [0.4, 0.5) is 0 Å². The first kappa shape index (κ1) is 30.5. The van der Waals surface area contributed by atoms with E-state index in [4.69, 9.17) is 0 Å². The minimum absolute atomic E-state index is 0.0786. The molecule has 1 unspecified atom stereocenters. The summed E-state index contributed by atoms with van der Waals surface area (Å²) in [5.74, 6) is 0.926. The topological polar surface area (TPSA) is 46.9 Å². The minimum Gasteiger partial charge on any atom is -0.507 e. The van der Waals surface area contributed by atoms with Gasteiger partial charge >= 0.3 is 0 Å². The van der Waals surface area contributed by atoms with Crippen LogP contribution in [-0.2, 0) is 23.9 Å². The van der Waals surface area contributed by atoms with Crippen molar-refractivity contribution in [2.24, 2.45) is 0 Å². The van der Waals surface area contributed by atoms with Crippen LogP contribution in [0, 0.1) is 27.7 Å². The van der Waals surface area contributed by atoms with Crippen molar-refractivity contribution in [2.75, 3.05) is 19.6 Å². The molecule has 1 fully saturated rings. The van der Waals surface area contributed by atoms with Crippen LogP contribution in [0.2, 0.25) is 0 Å². The van der Waals surface area contributed by atoms with Crippen LogP contribution in [0.15, 0.2) is 12.1 Å². The summed E-state index contributed by atoms with van der Waals surface area (Å²) in [6.45, 7) is 28.7. The Hall–Kier alpha value is -2.04. The molecule has 1 heterocycles. The number of unbranched alkanes of at least 4 members (excludes halogenated alkanes) is 1. The third kappa shape index (κ3) is 6.57. The lowest BCUT2D eigenvalue weighted by Gasteiger charge is -2.42. The second kappa shape index (κ2) is 11.6. The zero-order valence-electron chi connectivity index (χ0n) is 26.2. The maximum absolute atomic E-state index is 11.1. The molecule has 0 saturated carbocycles. The number of aryl methyl sites for hydroxylation is 2. The fraction of sp³-hybridized carbons (Fsp3) is 0.647. The van der Waals surface area contributed by atoms with Crippen molar-refractivity contribution in [1.82, 2.24) is 9.80 Å². The molecular weight excluding hydrogens is 468 g/mol. The number of aromatic hydroxyl groups is 2. The maximum Gasteiger partial charge on any atom is 0.122 e. The van der Waals surface area contributed by atoms with Crippen molar-refractivity contribution in [2.45, 2.75) is 125 Å². The number of rotatable bonds is 7. The van der Waals surface area contributed by atoms with Gasteiger partial charge in [-0.2, -0.15) is 0 Å². The standard InChI is InChI=1S/C34H54N2O2/c1-12-13-14-26-19-35(20-27-22(2)17-29(33(6,7)8)31(37)24(27)4)15-16-36(26)21-28-23(3)18-30(34(9,10)11)32(38)25(28)5/h17-18,26,37-38H,12-16,19-21H2,1-11H3. The van der Waals surface area contributed by atoms with E-state index < -0.39 is 0 Å². The Morgan fingerprint density at radius 1 is 0.763 bits per heavy atom. The quantitative estimate of drug-likeness (QED) is 0.389. The molecule has 212 valence electrons. The van der Waals surface area contributed by atoms with Crippen LogP contribution in [0.25, 0.3) is 0 Å². The second-order valence-corrected chi connectivity index (χ2v) is 13.9. The molecule has 2 aromatic rings. The van der Waals surface area contributed by atoms with Gasteiger partial charge in [0.25, 0.3) is 0 Å². The van der Waals surface area contributed by atoms with Crippen molar-refractivity contribution >= 4 is 0 Å². The lowest BCUT2D eigenvalue weighted by molar-refractivity contribution is 0.0578. The van der Waals surface area contributed by atoms with E-state index in [1.54, 1.807) is 0 Å². The molecule has 0 radical (unpaired) electrons. The third-order valence-electron chi connectivity index (χ3n) is 8.74. The number of hydrogen-bond acceptors (Lipinski definition) is 4. The molecule has 1 atom stereocenters. The van der Waals surface area contributed by atoms with Crippen LogP contribution in [0.3, 0.4) is 0 Å². The Kier molecular flexibility index (Phi) is 9.31. The van der Waals surface area contributed by atoms with Crippen LogP contribution in [-0.4, -0.2) is 45.7 Å². The van der Waals surface area contributed by atoms with Gasteiger partial charge in [-0.15, -0.1) is 0 Å². The molecule has 0 amide bonds. The Morgan fingerprint density at radius 3 is 1.68 bits per heavy atom. The van der Waals surface area contributed by atoms with Gasteiger partial charge in [-0.1, -0.05) is 73.4 Å². The van der Waals surface area contributed by atoms with E-state index in [0.717, 1.165) is 55.0 Å². The molecule has 0 spiro atoms.